The summed E-state index contributed by atoms with van der Waals surface area (Å²) in [4.78, 5) is 24.1. The first-order valence-electron chi connectivity index (χ1n) is 10.6. The largest absolute Gasteiger partial charge is 0.497 e. The Morgan fingerprint density at radius 1 is 1.06 bits per heavy atom. The SMILES string of the molecule is COc1ccc(-c2nn(-c3ccccc3)cc2C=CC(=O)OCC(=O)NCc2ccco2)cc1. The molecule has 172 valence electrons. The maximum Gasteiger partial charge on any atom is 0.331 e. The molecule has 0 unspecified atom stereocenters. The van der Waals surface area contributed by atoms with E-state index in [2.05, 4.69) is 5.32 Å². The lowest BCUT2D eigenvalue weighted by molar-refractivity contribution is -0.143. The first kappa shape index (κ1) is 22.6. The third-order valence-corrected chi connectivity index (χ3v) is 4.91. The Balaban J connectivity index is 1.46. The van der Waals surface area contributed by atoms with Gasteiger partial charge >= 0.3 is 5.97 Å². The van der Waals surface area contributed by atoms with E-state index < -0.39 is 18.5 Å². The van der Waals surface area contributed by atoms with Gasteiger partial charge < -0.3 is 19.2 Å². The number of amides is 1. The molecule has 8 heteroatoms. The fourth-order valence-corrected chi connectivity index (χ4v) is 3.19. The lowest BCUT2D eigenvalue weighted by Crippen LogP contribution is -2.27. The Bertz CT molecular complexity index is 1260. The van der Waals surface area contributed by atoms with Gasteiger partial charge in [-0.15, -0.1) is 0 Å². The van der Waals surface area contributed by atoms with E-state index in [1.165, 1.54) is 12.3 Å². The highest BCUT2D eigenvalue weighted by Gasteiger charge is 2.12. The minimum atomic E-state index is -0.638. The molecular weight excluding hydrogens is 434 g/mol. The van der Waals surface area contributed by atoms with Crippen molar-refractivity contribution in [3.05, 3.63) is 96.6 Å². The Morgan fingerprint density at radius 2 is 1.85 bits per heavy atom. The predicted octanol–water partition coefficient (Wildman–Crippen LogP) is 4.01. The van der Waals surface area contributed by atoms with Crippen LogP contribution in [-0.4, -0.2) is 35.4 Å². The van der Waals surface area contributed by atoms with Crippen molar-refractivity contribution in [2.24, 2.45) is 0 Å². The number of esters is 1. The minimum absolute atomic E-state index is 0.225. The highest BCUT2D eigenvalue weighted by molar-refractivity contribution is 5.90. The first-order chi connectivity index (χ1) is 16.6. The summed E-state index contributed by atoms with van der Waals surface area (Å²) in [6.45, 7) is -0.165. The maximum absolute atomic E-state index is 12.2. The van der Waals surface area contributed by atoms with Crippen LogP contribution in [0.2, 0.25) is 0 Å². The number of hydrogen-bond donors (Lipinski definition) is 1. The maximum atomic E-state index is 12.2. The highest BCUT2D eigenvalue weighted by atomic mass is 16.5. The molecule has 8 nitrogen and oxygen atoms in total. The minimum Gasteiger partial charge on any atom is -0.497 e. The Morgan fingerprint density at radius 3 is 2.56 bits per heavy atom. The summed E-state index contributed by atoms with van der Waals surface area (Å²) >= 11 is 0. The molecule has 2 aromatic heterocycles. The molecule has 0 bridgehead atoms. The standard InChI is InChI=1S/C26H23N3O5/c1-32-22-12-9-19(10-13-22)26-20(17-29(28-26)21-6-3-2-4-7-21)11-14-25(31)34-18-24(30)27-16-23-8-5-15-33-23/h2-15,17H,16,18H2,1H3,(H,27,30). The van der Waals surface area contributed by atoms with Crippen molar-refractivity contribution >= 4 is 18.0 Å². The molecule has 34 heavy (non-hydrogen) atoms. The zero-order chi connectivity index (χ0) is 23.8. The van der Waals surface area contributed by atoms with E-state index >= 15 is 0 Å². The summed E-state index contributed by atoms with van der Waals surface area (Å²) in [6, 6.07) is 20.6. The molecule has 1 amide bonds. The van der Waals surface area contributed by atoms with Crippen LogP contribution in [0.15, 0.2) is 89.7 Å². The molecule has 0 aliphatic heterocycles. The Hall–Kier alpha value is -4.59. The molecule has 0 radical (unpaired) electrons. The third kappa shape index (κ3) is 5.80. The van der Waals surface area contributed by atoms with Crippen molar-refractivity contribution in [1.29, 1.82) is 0 Å². The van der Waals surface area contributed by atoms with E-state index in [-0.39, 0.29) is 6.54 Å². The molecular formula is C26H23N3O5. The van der Waals surface area contributed by atoms with E-state index in [4.69, 9.17) is 19.0 Å². The number of methoxy groups -OCH3 is 1. The van der Waals surface area contributed by atoms with Crippen LogP contribution in [0.5, 0.6) is 5.75 Å². The topological polar surface area (TPSA) is 95.6 Å². The second-order valence-corrected chi connectivity index (χ2v) is 7.24. The summed E-state index contributed by atoms with van der Waals surface area (Å²) in [5.41, 5.74) is 3.15. The van der Waals surface area contributed by atoms with Crippen LogP contribution < -0.4 is 10.1 Å². The van der Waals surface area contributed by atoms with E-state index in [0.717, 1.165) is 17.0 Å². The van der Waals surface area contributed by atoms with Crippen molar-refractivity contribution in [3.8, 4) is 22.7 Å². The molecule has 0 spiro atoms. The van der Waals surface area contributed by atoms with Crippen LogP contribution in [0.1, 0.15) is 11.3 Å². The summed E-state index contributed by atoms with van der Waals surface area (Å²) in [5.74, 6) is 0.286. The molecule has 0 saturated carbocycles. The van der Waals surface area contributed by atoms with E-state index in [1.54, 1.807) is 30.0 Å². The monoisotopic (exact) mass is 457 g/mol. The smallest absolute Gasteiger partial charge is 0.331 e. The van der Waals surface area contributed by atoms with Gasteiger partial charge in [0.15, 0.2) is 6.61 Å². The second kappa shape index (κ2) is 10.8. The van der Waals surface area contributed by atoms with E-state index in [0.29, 0.717) is 17.0 Å². The number of carbonyl (C=O) groups is 2. The van der Waals surface area contributed by atoms with Gasteiger partial charge in [-0.3, -0.25) is 4.79 Å². The lowest BCUT2D eigenvalue weighted by atomic mass is 10.1. The zero-order valence-electron chi connectivity index (χ0n) is 18.5. The van der Waals surface area contributed by atoms with Gasteiger partial charge in [0.05, 0.1) is 31.3 Å². The number of carbonyl (C=O) groups excluding carboxylic acids is 2. The average molecular weight is 457 g/mol. The number of nitrogens with zero attached hydrogens (tertiary/aromatic N) is 2. The lowest BCUT2D eigenvalue weighted by Gasteiger charge is -2.04. The fourth-order valence-electron chi connectivity index (χ4n) is 3.19. The molecule has 2 heterocycles. The number of benzene rings is 2. The molecule has 4 aromatic rings. The summed E-state index contributed by atoms with van der Waals surface area (Å²) < 4.78 is 17.2. The quantitative estimate of drug-likeness (QED) is 0.301. The second-order valence-electron chi connectivity index (χ2n) is 7.24. The summed E-state index contributed by atoms with van der Waals surface area (Å²) in [5, 5.41) is 7.32. The van der Waals surface area contributed by atoms with Crippen LogP contribution in [0.3, 0.4) is 0 Å². The van der Waals surface area contributed by atoms with Gasteiger partial charge in [0.25, 0.3) is 5.91 Å². The van der Waals surface area contributed by atoms with Crippen molar-refractivity contribution < 1.29 is 23.5 Å². The van der Waals surface area contributed by atoms with Crippen LogP contribution in [0, 0.1) is 0 Å². The van der Waals surface area contributed by atoms with Crippen molar-refractivity contribution in [1.82, 2.24) is 15.1 Å². The van der Waals surface area contributed by atoms with Gasteiger partial charge in [-0.2, -0.15) is 5.10 Å². The predicted molar refractivity (Wildman–Crippen MR) is 126 cm³/mol. The Kier molecular flexibility index (Phi) is 7.19. The summed E-state index contributed by atoms with van der Waals surface area (Å²) in [7, 11) is 1.61. The van der Waals surface area contributed by atoms with Gasteiger partial charge in [-0.25, -0.2) is 9.48 Å². The normalized spacial score (nSPS) is 10.9. The first-order valence-corrected chi connectivity index (χ1v) is 10.6. The molecule has 0 atom stereocenters. The fraction of sp³-hybridized carbons (Fsp3) is 0.115. The molecule has 0 fully saturated rings. The molecule has 0 aliphatic carbocycles. The van der Waals surface area contributed by atoms with Crippen molar-refractivity contribution in [2.75, 3.05) is 13.7 Å². The number of para-hydroxylation sites is 1. The van der Waals surface area contributed by atoms with E-state index in [9.17, 15) is 9.59 Å². The van der Waals surface area contributed by atoms with Crippen LogP contribution in [-0.2, 0) is 20.9 Å². The molecule has 0 saturated heterocycles. The van der Waals surface area contributed by atoms with Crippen molar-refractivity contribution in [3.63, 3.8) is 0 Å². The molecule has 2 aromatic carbocycles. The Labute approximate surface area is 196 Å². The highest BCUT2D eigenvalue weighted by Crippen LogP contribution is 2.26. The van der Waals surface area contributed by atoms with Crippen LogP contribution in [0.25, 0.3) is 23.0 Å². The number of nitrogens with one attached hydrogen (secondary N) is 1. The molecule has 4 rings (SSSR count). The van der Waals surface area contributed by atoms with Crippen LogP contribution in [0.4, 0.5) is 0 Å². The number of ether oxygens (including phenoxy) is 2. The van der Waals surface area contributed by atoms with Crippen molar-refractivity contribution in [2.45, 2.75) is 6.54 Å². The zero-order valence-corrected chi connectivity index (χ0v) is 18.5. The summed E-state index contributed by atoms with van der Waals surface area (Å²) in [6.07, 6.45) is 6.25. The third-order valence-electron chi connectivity index (χ3n) is 4.91. The average Bonchev–Trinajstić information content (AvgIpc) is 3.56. The van der Waals surface area contributed by atoms with Gasteiger partial charge in [0, 0.05) is 23.4 Å². The molecule has 1 N–H and O–H groups in total. The number of furan rings is 1. The number of hydrogen-bond acceptors (Lipinski definition) is 6. The number of aromatic nitrogens is 2. The van der Waals surface area contributed by atoms with Gasteiger partial charge in [0.1, 0.15) is 11.5 Å². The number of rotatable bonds is 9. The van der Waals surface area contributed by atoms with Crippen LogP contribution >= 0.6 is 0 Å². The molecule has 0 aliphatic rings. The van der Waals surface area contributed by atoms with E-state index in [1.807, 2.05) is 60.8 Å². The van der Waals surface area contributed by atoms with Gasteiger partial charge in [-0.05, 0) is 54.6 Å². The van der Waals surface area contributed by atoms with Gasteiger partial charge in [0.2, 0.25) is 0 Å². The van der Waals surface area contributed by atoms with Gasteiger partial charge in [-0.1, -0.05) is 18.2 Å².